The van der Waals surface area contributed by atoms with Crippen molar-refractivity contribution in [1.82, 2.24) is 25.2 Å². The number of methoxy groups -OCH3 is 1. The van der Waals surface area contributed by atoms with E-state index in [1.54, 1.807) is 7.11 Å². The number of likely N-dealkylation sites (tertiary alicyclic amines) is 1. The highest BCUT2D eigenvalue weighted by molar-refractivity contribution is 5.93. The van der Waals surface area contributed by atoms with Gasteiger partial charge in [-0.1, -0.05) is 0 Å². The molecular formula is C19H27N5O3. The molecule has 1 unspecified atom stereocenters. The number of amides is 1. The summed E-state index contributed by atoms with van der Waals surface area (Å²) in [4.78, 5) is 16.4. The number of aryl methyl sites for hydroxylation is 1. The van der Waals surface area contributed by atoms with Gasteiger partial charge < -0.3 is 19.7 Å². The summed E-state index contributed by atoms with van der Waals surface area (Å²) in [6.07, 6.45) is 2.04. The fourth-order valence-corrected chi connectivity index (χ4v) is 3.30. The summed E-state index contributed by atoms with van der Waals surface area (Å²) < 4.78 is 10.5. The number of hydrogen-bond acceptors (Lipinski definition) is 6. The molecule has 1 aliphatic heterocycles. The molecule has 27 heavy (non-hydrogen) atoms. The van der Waals surface area contributed by atoms with E-state index in [9.17, 15) is 4.79 Å². The Labute approximate surface area is 159 Å². The van der Waals surface area contributed by atoms with Gasteiger partial charge in [-0.05, 0) is 51.1 Å². The van der Waals surface area contributed by atoms with Crippen LogP contribution < -0.4 is 10.1 Å². The van der Waals surface area contributed by atoms with Crippen molar-refractivity contribution in [2.75, 3.05) is 40.5 Å². The normalized spacial score (nSPS) is 16.7. The number of nitrogens with one attached hydrogen (secondary N) is 1. The Morgan fingerprint density at radius 2 is 2.04 bits per heavy atom. The molecule has 0 radical (unpaired) electrons. The van der Waals surface area contributed by atoms with Crippen LogP contribution in [0, 0.1) is 6.92 Å². The maximum absolute atomic E-state index is 12.9. The van der Waals surface area contributed by atoms with E-state index in [2.05, 4.69) is 15.5 Å². The number of benzene rings is 1. The van der Waals surface area contributed by atoms with Crippen molar-refractivity contribution in [3.63, 3.8) is 0 Å². The second-order valence-electron chi connectivity index (χ2n) is 6.61. The maximum atomic E-state index is 12.9. The zero-order valence-electron chi connectivity index (χ0n) is 16.1. The molecule has 0 bridgehead atoms. The molecule has 3 rings (SSSR count). The van der Waals surface area contributed by atoms with E-state index in [0.29, 0.717) is 24.6 Å². The molecule has 8 heteroatoms. The van der Waals surface area contributed by atoms with Crippen LogP contribution in [0.25, 0.3) is 5.69 Å². The number of carbonyl (C=O) groups is 1. The van der Waals surface area contributed by atoms with Gasteiger partial charge in [-0.3, -0.25) is 4.79 Å². The van der Waals surface area contributed by atoms with E-state index in [-0.39, 0.29) is 11.9 Å². The van der Waals surface area contributed by atoms with E-state index in [1.165, 1.54) is 4.80 Å². The molecule has 2 aromatic rings. The smallest absolute Gasteiger partial charge is 0.276 e. The van der Waals surface area contributed by atoms with Gasteiger partial charge in [0.1, 0.15) is 12.4 Å². The zero-order chi connectivity index (χ0) is 19.2. The summed E-state index contributed by atoms with van der Waals surface area (Å²) in [6, 6.07) is 7.67. The molecule has 1 aliphatic rings. The molecule has 1 amide bonds. The molecule has 0 saturated carbocycles. The summed E-state index contributed by atoms with van der Waals surface area (Å²) >= 11 is 0. The lowest BCUT2D eigenvalue weighted by atomic mass is 10.2. The van der Waals surface area contributed by atoms with Crippen molar-refractivity contribution in [3.8, 4) is 11.4 Å². The Bertz CT molecular complexity index is 759. The maximum Gasteiger partial charge on any atom is 0.276 e. The lowest BCUT2D eigenvalue weighted by molar-refractivity contribution is 0.0730. The monoisotopic (exact) mass is 373 g/mol. The Hall–Kier alpha value is -2.45. The van der Waals surface area contributed by atoms with E-state index in [4.69, 9.17) is 9.47 Å². The molecule has 1 atom stereocenters. The van der Waals surface area contributed by atoms with Crippen molar-refractivity contribution in [2.24, 2.45) is 0 Å². The predicted octanol–water partition coefficient (Wildman–Crippen LogP) is 1.42. The third kappa shape index (κ3) is 4.45. The molecule has 8 nitrogen and oxygen atoms in total. The first-order chi connectivity index (χ1) is 13.1. The molecule has 2 heterocycles. The Morgan fingerprint density at radius 1 is 1.26 bits per heavy atom. The van der Waals surface area contributed by atoms with Crippen molar-refractivity contribution >= 4 is 5.91 Å². The van der Waals surface area contributed by atoms with Gasteiger partial charge in [-0.25, -0.2) is 0 Å². The Kier molecular flexibility index (Phi) is 6.41. The van der Waals surface area contributed by atoms with E-state index < -0.39 is 0 Å². The number of likely N-dealkylation sites (N-methyl/N-ethyl adjacent to an activating group) is 1. The zero-order valence-corrected chi connectivity index (χ0v) is 16.1. The molecule has 0 spiro atoms. The number of aromatic nitrogens is 3. The van der Waals surface area contributed by atoms with Gasteiger partial charge in [0.2, 0.25) is 0 Å². The van der Waals surface area contributed by atoms with E-state index >= 15 is 0 Å². The third-order valence-electron chi connectivity index (χ3n) is 4.69. The first-order valence-corrected chi connectivity index (χ1v) is 9.25. The second-order valence-corrected chi connectivity index (χ2v) is 6.61. The number of hydrogen-bond donors (Lipinski definition) is 1. The van der Waals surface area contributed by atoms with Crippen LogP contribution in [0.15, 0.2) is 24.3 Å². The summed E-state index contributed by atoms with van der Waals surface area (Å²) in [7, 11) is 3.55. The highest BCUT2D eigenvalue weighted by Gasteiger charge is 2.31. The highest BCUT2D eigenvalue weighted by atomic mass is 16.5. The molecule has 0 aliphatic carbocycles. The van der Waals surface area contributed by atoms with Crippen LogP contribution in [-0.2, 0) is 4.74 Å². The number of nitrogens with zero attached hydrogens (tertiary/aromatic N) is 4. The van der Waals surface area contributed by atoms with Gasteiger partial charge in [0.25, 0.3) is 5.91 Å². The standard InChI is InChI=1S/C19H27N5O3/c1-14-18(19(25)23-10-4-5-16(23)13-20-2)22-24(21-14)15-6-8-17(9-7-15)27-12-11-26-3/h6-9,16,20H,4-5,10-13H2,1-3H3. The average molecular weight is 373 g/mol. The number of rotatable bonds is 8. The lowest BCUT2D eigenvalue weighted by Crippen LogP contribution is -2.41. The van der Waals surface area contributed by atoms with Crippen LogP contribution in [0.2, 0.25) is 0 Å². The van der Waals surface area contributed by atoms with Gasteiger partial charge in [-0.15, -0.1) is 5.10 Å². The minimum absolute atomic E-state index is 0.0454. The SMILES string of the molecule is CNCC1CCCN1C(=O)c1nn(-c2ccc(OCCOC)cc2)nc1C. The van der Waals surface area contributed by atoms with Crippen molar-refractivity contribution in [1.29, 1.82) is 0 Å². The van der Waals surface area contributed by atoms with Gasteiger partial charge in [0.15, 0.2) is 5.69 Å². The molecule has 1 saturated heterocycles. The predicted molar refractivity (Wildman–Crippen MR) is 101 cm³/mol. The molecular weight excluding hydrogens is 346 g/mol. The quantitative estimate of drug-likeness (QED) is 0.705. The molecule has 1 aromatic carbocycles. The van der Waals surface area contributed by atoms with Crippen molar-refractivity contribution in [3.05, 3.63) is 35.7 Å². The summed E-state index contributed by atoms with van der Waals surface area (Å²) in [6.45, 7) is 4.42. The average Bonchev–Trinajstić information content (AvgIpc) is 3.29. The van der Waals surface area contributed by atoms with Gasteiger partial charge in [0.05, 0.1) is 18.0 Å². The molecule has 146 valence electrons. The number of carbonyl (C=O) groups excluding carboxylic acids is 1. The van der Waals surface area contributed by atoms with Crippen LogP contribution in [0.3, 0.4) is 0 Å². The van der Waals surface area contributed by atoms with Gasteiger partial charge >= 0.3 is 0 Å². The van der Waals surface area contributed by atoms with Crippen LogP contribution in [0.4, 0.5) is 0 Å². The number of ether oxygens (including phenoxy) is 2. The largest absolute Gasteiger partial charge is 0.491 e. The topological polar surface area (TPSA) is 81.5 Å². The minimum atomic E-state index is -0.0454. The first-order valence-electron chi connectivity index (χ1n) is 9.25. The summed E-state index contributed by atoms with van der Waals surface area (Å²) in [5.74, 6) is 0.707. The summed E-state index contributed by atoms with van der Waals surface area (Å²) in [5, 5.41) is 12.0. The second kappa shape index (κ2) is 8.96. The molecule has 1 aromatic heterocycles. The first kappa shape index (κ1) is 19.3. The molecule has 1 fully saturated rings. The van der Waals surface area contributed by atoms with Gasteiger partial charge in [-0.2, -0.15) is 9.90 Å². The Morgan fingerprint density at radius 3 is 2.74 bits per heavy atom. The van der Waals surface area contributed by atoms with Gasteiger partial charge in [0, 0.05) is 26.2 Å². The van der Waals surface area contributed by atoms with Crippen LogP contribution >= 0.6 is 0 Å². The van der Waals surface area contributed by atoms with E-state index in [0.717, 1.165) is 37.4 Å². The lowest BCUT2D eigenvalue weighted by Gasteiger charge is -2.23. The minimum Gasteiger partial charge on any atom is -0.491 e. The van der Waals surface area contributed by atoms with E-state index in [1.807, 2.05) is 43.1 Å². The highest BCUT2D eigenvalue weighted by Crippen LogP contribution is 2.21. The van der Waals surface area contributed by atoms with Crippen molar-refractivity contribution < 1.29 is 14.3 Å². The van der Waals surface area contributed by atoms with Crippen LogP contribution in [0.5, 0.6) is 5.75 Å². The summed E-state index contributed by atoms with van der Waals surface area (Å²) in [5.41, 5.74) is 1.83. The Balaban J connectivity index is 1.73. The van der Waals surface area contributed by atoms with Crippen LogP contribution in [-0.4, -0.2) is 72.3 Å². The third-order valence-corrected chi connectivity index (χ3v) is 4.69. The van der Waals surface area contributed by atoms with Crippen molar-refractivity contribution in [2.45, 2.75) is 25.8 Å². The fraction of sp³-hybridized carbons (Fsp3) is 0.526. The molecule has 1 N–H and O–H groups in total. The van der Waals surface area contributed by atoms with Crippen LogP contribution in [0.1, 0.15) is 29.0 Å². The fourth-order valence-electron chi connectivity index (χ4n) is 3.30.